The Morgan fingerprint density at radius 2 is 1.67 bits per heavy atom. The van der Waals surface area contributed by atoms with Gasteiger partial charge in [-0.05, 0) is 59.9 Å². The summed E-state index contributed by atoms with van der Waals surface area (Å²) in [6, 6.07) is 18.5. The van der Waals surface area contributed by atoms with Crippen molar-refractivity contribution in [1.29, 1.82) is 0 Å². The summed E-state index contributed by atoms with van der Waals surface area (Å²) < 4.78 is 10.8. The van der Waals surface area contributed by atoms with Gasteiger partial charge in [0.1, 0.15) is 17.8 Å². The van der Waals surface area contributed by atoms with Crippen LogP contribution >= 0.6 is 0 Å². The molecule has 0 aliphatic heterocycles. The molecule has 10 N–H and O–H groups in total. The molecule has 0 saturated carbocycles. The lowest BCUT2D eigenvalue weighted by molar-refractivity contribution is -0.134. The average molecular weight is 696 g/mol. The number of rotatable bonds is 15. The number of hydrogen-bond acceptors (Lipinski definition) is 9. The molecule has 0 bridgehead atoms. The molecule has 0 fully saturated rings. The van der Waals surface area contributed by atoms with E-state index in [1.165, 1.54) is 0 Å². The average Bonchev–Trinajstić information content (AvgIpc) is 3.72. The summed E-state index contributed by atoms with van der Waals surface area (Å²) in [7, 11) is 0. The molecular weight excluding hydrogens is 654 g/mol. The predicted molar refractivity (Wildman–Crippen MR) is 189 cm³/mol. The number of carbonyl (C=O) groups is 3. The van der Waals surface area contributed by atoms with Crippen molar-refractivity contribution in [3.63, 3.8) is 0 Å². The van der Waals surface area contributed by atoms with Gasteiger partial charge in [-0.15, -0.1) is 0 Å². The molecule has 266 valence electrons. The van der Waals surface area contributed by atoms with E-state index in [0.717, 1.165) is 27.6 Å². The Bertz CT molecular complexity index is 2000. The maximum absolute atomic E-state index is 14.3. The fourth-order valence-corrected chi connectivity index (χ4v) is 5.92. The van der Waals surface area contributed by atoms with Crippen molar-refractivity contribution < 1.29 is 28.8 Å². The number of nitrogens with one attached hydrogen (secondary N) is 3. The molecule has 0 unspecified atom stereocenters. The zero-order chi connectivity index (χ0) is 36.5. The number of guanidine groups is 1. The van der Waals surface area contributed by atoms with Gasteiger partial charge < -0.3 is 47.2 Å². The van der Waals surface area contributed by atoms with E-state index in [0.29, 0.717) is 23.4 Å². The van der Waals surface area contributed by atoms with Crippen molar-refractivity contribution in [2.75, 3.05) is 6.54 Å². The monoisotopic (exact) mass is 695 g/mol. The van der Waals surface area contributed by atoms with Gasteiger partial charge in [-0.3, -0.25) is 14.6 Å². The summed E-state index contributed by atoms with van der Waals surface area (Å²) >= 11 is 0. The number of ether oxygens (including phenoxy) is 1. The summed E-state index contributed by atoms with van der Waals surface area (Å²) in [5.41, 5.74) is 21.0. The first-order valence-electron chi connectivity index (χ1n) is 16.3. The van der Waals surface area contributed by atoms with Crippen LogP contribution < -0.4 is 27.8 Å². The molecule has 0 spiro atoms. The number of carbonyl (C=O) groups excluding carboxylic acids is 3. The number of aromatic amines is 1. The number of aliphatic imine (C=N–C) groups is 1. The maximum Gasteiger partial charge on any atom is 0.405 e. The minimum absolute atomic E-state index is 0.0234. The summed E-state index contributed by atoms with van der Waals surface area (Å²) in [6.07, 6.45) is -0.128. The van der Waals surface area contributed by atoms with Gasteiger partial charge in [-0.25, -0.2) is 4.79 Å². The lowest BCUT2D eigenvalue weighted by Crippen LogP contribution is -2.52. The van der Waals surface area contributed by atoms with E-state index in [-0.39, 0.29) is 43.4 Å². The largest absolute Gasteiger partial charge is 0.508 e. The summed E-state index contributed by atoms with van der Waals surface area (Å²) in [5.74, 6) is -0.904. The number of nitrogens with two attached hydrogens (primary N) is 3. The number of para-hydroxylation sites is 1. The van der Waals surface area contributed by atoms with Gasteiger partial charge >= 0.3 is 6.09 Å². The van der Waals surface area contributed by atoms with Crippen LogP contribution in [-0.2, 0) is 33.6 Å². The molecule has 3 atom stereocenters. The standard InChI is InChI=1S/C36H41N9O6/c1-20-14-24(46)15-21(2)26(20)18-28(42-33(48)30(50-36(39)49)12-13-40-35(37)38)32(47)43-29(17-23-19-41-27-11-7-6-10-25(23)27)34-44-31(45-51-34)16-22-8-4-3-5-9-22/h3-11,14-15,19,28-30,41,46H,12-13,16-18H2,1-2H3,(H2,39,49)(H,42,48)(H,43,47)(H4,37,38,40)/t28-,29-,30+/m0/s1. The number of aryl methyl sites for hydroxylation is 2. The number of nitrogens with zero attached hydrogens (tertiary/aromatic N) is 3. The number of phenols is 1. The van der Waals surface area contributed by atoms with Crippen molar-refractivity contribution in [3.8, 4) is 5.75 Å². The van der Waals surface area contributed by atoms with E-state index in [1.54, 1.807) is 26.0 Å². The van der Waals surface area contributed by atoms with E-state index in [1.807, 2.05) is 60.8 Å². The fraction of sp³-hybridized carbons (Fsp3) is 0.278. The highest BCUT2D eigenvalue weighted by molar-refractivity contribution is 5.91. The highest BCUT2D eigenvalue weighted by Crippen LogP contribution is 2.26. The van der Waals surface area contributed by atoms with Crippen molar-refractivity contribution in [3.05, 3.63) is 112 Å². The molecule has 2 heterocycles. The van der Waals surface area contributed by atoms with Crippen LogP contribution in [0.4, 0.5) is 4.79 Å². The molecule has 0 aliphatic rings. The molecule has 5 rings (SSSR count). The predicted octanol–water partition coefficient (Wildman–Crippen LogP) is 2.72. The first-order chi connectivity index (χ1) is 24.5. The molecule has 15 nitrogen and oxygen atoms in total. The zero-order valence-corrected chi connectivity index (χ0v) is 28.3. The van der Waals surface area contributed by atoms with E-state index in [4.69, 9.17) is 26.5 Å². The maximum atomic E-state index is 14.3. The van der Waals surface area contributed by atoms with Crippen LogP contribution in [0.25, 0.3) is 10.9 Å². The third-order valence-electron chi connectivity index (χ3n) is 8.36. The van der Waals surface area contributed by atoms with Crippen LogP contribution in [0.1, 0.15) is 52.0 Å². The molecule has 51 heavy (non-hydrogen) atoms. The van der Waals surface area contributed by atoms with Gasteiger partial charge in [0.15, 0.2) is 17.9 Å². The van der Waals surface area contributed by atoms with Crippen LogP contribution in [0.2, 0.25) is 0 Å². The topological polar surface area (TPSA) is 250 Å². The van der Waals surface area contributed by atoms with Crippen molar-refractivity contribution in [2.45, 2.75) is 57.7 Å². The Hall–Kier alpha value is -6.38. The normalized spacial score (nSPS) is 12.8. The minimum atomic E-state index is -1.40. The Labute approximate surface area is 293 Å². The van der Waals surface area contributed by atoms with Gasteiger partial charge in [0, 0.05) is 49.3 Å². The Balaban J connectivity index is 1.47. The van der Waals surface area contributed by atoms with Crippen LogP contribution in [0.3, 0.4) is 0 Å². The van der Waals surface area contributed by atoms with Crippen LogP contribution in [-0.4, -0.2) is 62.8 Å². The van der Waals surface area contributed by atoms with Gasteiger partial charge in [0.25, 0.3) is 5.91 Å². The van der Waals surface area contributed by atoms with Crippen LogP contribution in [0.15, 0.2) is 82.4 Å². The zero-order valence-electron chi connectivity index (χ0n) is 28.3. The molecule has 3 aromatic carbocycles. The molecule has 0 saturated heterocycles. The first-order valence-corrected chi connectivity index (χ1v) is 16.3. The van der Waals surface area contributed by atoms with E-state index in [2.05, 4.69) is 30.8 Å². The molecule has 5 aromatic rings. The molecule has 3 amide bonds. The highest BCUT2D eigenvalue weighted by atomic mass is 16.6. The number of fused-ring (bicyclic) bond motifs is 1. The first kappa shape index (κ1) is 35.9. The number of aromatic nitrogens is 3. The second-order valence-electron chi connectivity index (χ2n) is 12.2. The van der Waals surface area contributed by atoms with Crippen molar-refractivity contribution in [2.24, 2.45) is 22.2 Å². The number of phenolic OH excluding ortho intramolecular Hbond substituents is 1. The Kier molecular flexibility index (Phi) is 11.5. The second-order valence-corrected chi connectivity index (χ2v) is 12.2. The Morgan fingerprint density at radius 3 is 2.37 bits per heavy atom. The number of aromatic hydroxyl groups is 1. The third kappa shape index (κ3) is 9.62. The lowest BCUT2D eigenvalue weighted by atomic mass is 9.95. The number of amides is 3. The van der Waals surface area contributed by atoms with E-state index in [9.17, 15) is 19.5 Å². The SMILES string of the molecule is Cc1cc(O)cc(C)c1C[C@H](NC(=O)[C@@H](CCN=C(N)N)OC(N)=O)C(=O)N[C@@H](Cc1c[nH]c2ccccc12)c1nc(Cc2ccccc2)no1. The smallest absolute Gasteiger partial charge is 0.405 e. The number of H-pyrrole nitrogens is 1. The summed E-state index contributed by atoms with van der Waals surface area (Å²) in [6.45, 7) is 3.54. The Morgan fingerprint density at radius 1 is 0.961 bits per heavy atom. The van der Waals surface area contributed by atoms with E-state index >= 15 is 0 Å². The van der Waals surface area contributed by atoms with Crippen molar-refractivity contribution in [1.82, 2.24) is 25.8 Å². The quantitative estimate of drug-likeness (QED) is 0.0623. The molecular formula is C36H41N9O6. The molecule has 0 aliphatic carbocycles. The molecule has 15 heteroatoms. The van der Waals surface area contributed by atoms with Gasteiger partial charge in [-0.1, -0.05) is 53.7 Å². The fourth-order valence-electron chi connectivity index (χ4n) is 5.92. The molecule has 0 radical (unpaired) electrons. The highest BCUT2D eigenvalue weighted by Gasteiger charge is 2.32. The number of primary amides is 1. The number of hydrogen-bond donors (Lipinski definition) is 7. The summed E-state index contributed by atoms with van der Waals surface area (Å²) in [5, 5.41) is 21.1. The van der Waals surface area contributed by atoms with Crippen LogP contribution in [0, 0.1) is 13.8 Å². The third-order valence-corrected chi connectivity index (χ3v) is 8.36. The van der Waals surface area contributed by atoms with Gasteiger partial charge in [0.2, 0.25) is 11.8 Å². The summed E-state index contributed by atoms with van der Waals surface area (Å²) in [4.78, 5) is 51.4. The second kappa shape index (κ2) is 16.3. The van der Waals surface area contributed by atoms with Gasteiger partial charge in [0.05, 0.1) is 0 Å². The van der Waals surface area contributed by atoms with E-state index < -0.39 is 36.1 Å². The van der Waals surface area contributed by atoms with Gasteiger partial charge in [-0.2, -0.15) is 4.98 Å². The minimum Gasteiger partial charge on any atom is -0.508 e. The van der Waals surface area contributed by atoms with Crippen LogP contribution in [0.5, 0.6) is 5.75 Å². The number of benzene rings is 3. The van der Waals surface area contributed by atoms with Crippen molar-refractivity contribution >= 4 is 34.8 Å². The molecule has 2 aromatic heterocycles. The lowest BCUT2D eigenvalue weighted by Gasteiger charge is -2.25.